The molecule has 4 aliphatic heterocycles. The number of ether oxygens (including phenoxy) is 1. The molecule has 21 heteroatoms. The Morgan fingerprint density at radius 1 is 0.563 bits per heavy atom. The summed E-state index contributed by atoms with van der Waals surface area (Å²) in [6, 6.07) is 59.1. The van der Waals surface area contributed by atoms with Gasteiger partial charge in [-0.1, -0.05) is 137 Å². The fourth-order valence-electron chi connectivity index (χ4n) is 13.2. The summed E-state index contributed by atoms with van der Waals surface area (Å²) in [5.74, 6) is 14.9. The SMILES string of the molecule is CCN.CCN.CCN(CC)c1ccc2c(c1)Oc1cc(C)ccc1C21c2ccccc2C(=O)N1N.CCc1ccc2c(-c3ccccc3C(=O)[N-][NH-])c3ccc(=[N+](CC)CC)cc-3oc2c1.CCc1ccc2c(-c3ccccc3C(=O)[O-])c3ccc(=[N+](CC)CC)cc-3oc2c1.O.O.[CH3-].[Cl-].[Cu+2].[Cu].[H+]. The Hall–Kier alpha value is -8.98. The van der Waals surface area contributed by atoms with Crippen molar-refractivity contribution in [1.29, 1.82) is 0 Å². The number of nitrogens with zero attached hydrogens (tertiary/aromatic N) is 5. The van der Waals surface area contributed by atoms with Gasteiger partial charge in [-0.15, -0.1) is 0 Å². The zero-order valence-corrected chi connectivity index (χ0v) is 63.3. The Balaban J connectivity index is 0.000000494. The fraction of sp³-hybridized carbons (Fsp3) is 0.268. The molecule has 6 aliphatic rings. The minimum absolute atomic E-state index is 0. The van der Waals surface area contributed by atoms with E-state index in [1.165, 1.54) is 16.1 Å². The average molecular weight is 1520 g/mol. The van der Waals surface area contributed by atoms with E-state index in [0.717, 1.165) is 177 Å². The molecule has 0 saturated heterocycles. The summed E-state index contributed by atoms with van der Waals surface area (Å²) in [7, 11) is 0. The van der Waals surface area contributed by atoms with E-state index in [-0.39, 0.29) is 77.8 Å². The van der Waals surface area contributed by atoms with Crippen LogP contribution in [0.25, 0.3) is 78.1 Å². The van der Waals surface area contributed by atoms with Crippen LogP contribution in [0, 0.1) is 14.4 Å². The number of aryl methyl sites for hydroxylation is 3. The molecule has 0 saturated carbocycles. The number of hydrogen-bond donors (Lipinski definition) is 3. The third-order valence-electron chi connectivity index (χ3n) is 17.9. The van der Waals surface area contributed by atoms with Crippen LogP contribution in [-0.2, 0) is 52.5 Å². The van der Waals surface area contributed by atoms with Gasteiger partial charge in [-0.05, 0) is 145 Å². The molecule has 554 valence electrons. The number of hydrazine groups is 1. The number of carboxylic acid groups (broad SMARTS) is 1. The van der Waals surface area contributed by atoms with Gasteiger partial charge < -0.3 is 86.7 Å². The Labute approximate surface area is 634 Å². The number of carbonyl (C=O) groups is 3. The number of hydrogen-bond acceptors (Lipinski definition) is 11. The molecule has 7 aromatic carbocycles. The summed E-state index contributed by atoms with van der Waals surface area (Å²) in [6.45, 7) is 29.8. The van der Waals surface area contributed by atoms with Gasteiger partial charge in [0.15, 0.2) is 0 Å². The second kappa shape index (κ2) is 40.2. The smallest absolute Gasteiger partial charge is 1.00 e. The van der Waals surface area contributed by atoms with Crippen molar-refractivity contribution in [2.24, 2.45) is 17.3 Å². The first kappa shape index (κ1) is 88.2. The van der Waals surface area contributed by atoms with Gasteiger partial charge in [-0.25, -0.2) is 15.0 Å². The predicted molar refractivity (Wildman–Crippen MR) is 406 cm³/mol. The van der Waals surface area contributed by atoms with E-state index in [1.807, 2.05) is 112 Å². The van der Waals surface area contributed by atoms with Gasteiger partial charge in [0, 0.05) is 120 Å². The largest absolute Gasteiger partial charge is 2.00 e. The van der Waals surface area contributed by atoms with Gasteiger partial charge in [0.2, 0.25) is 10.7 Å². The first-order valence-electron chi connectivity index (χ1n) is 33.8. The van der Waals surface area contributed by atoms with Gasteiger partial charge in [-0.3, -0.25) is 9.80 Å². The van der Waals surface area contributed by atoms with Gasteiger partial charge in [-0.2, -0.15) is 0 Å². The van der Waals surface area contributed by atoms with E-state index < -0.39 is 17.4 Å². The Bertz CT molecular complexity index is 4760. The summed E-state index contributed by atoms with van der Waals surface area (Å²) in [5, 5.41) is 17.2. The summed E-state index contributed by atoms with van der Waals surface area (Å²) < 4.78 is 23.7. The molecule has 2 amide bonds. The number of benzene rings is 9. The molecule has 2 radical (unpaired) electrons. The normalized spacial score (nSPS) is 12.4. The van der Waals surface area contributed by atoms with Crippen LogP contribution in [0.3, 0.4) is 0 Å². The van der Waals surface area contributed by atoms with Crippen molar-refractivity contribution in [1.82, 2.24) is 14.2 Å². The first-order valence-corrected chi connectivity index (χ1v) is 33.8. The number of carboxylic acids is 1. The van der Waals surface area contributed by atoms with Crippen LogP contribution in [-0.4, -0.2) is 86.1 Å². The maximum atomic E-state index is 13.2. The molecule has 1 atom stereocenters. The standard InChI is InChI=1S/C26H26N3O2.C26H25NO3.C25H25N3O2.2C2H7N.CH3.ClH.2Cu.2H2O/c1-4-17-11-13-21-23(15-17)31-24-16-18(29(5-2)6-3)12-14-22(24)25(21)19-9-7-8-10-20(19)26(30)28-27;1-4-17-11-13-21-23(15-17)30-24-16-18(27(5-2)6-3)12-14-22(24)25(21)19-9-7-8-10-20(19)26(28)29;1-4-27(5-2)17-11-13-21-23(15-17)30-22-14-16(3)10-12-20(22)25(21)19-9-7-6-8-18(19)24(29)28(25)26;2*1-2-3;;;;;;/h7-16,27H,4-6H2,1-3H3;7-16H,4-6H2,1-3H3;6-15H,4-5,26H2,1-3H3;2*2-3H2,1H3;1H3;1H;;;2*1H2/q-1;;;;;-1;;;+2;;. The number of anilines is 1. The van der Waals surface area contributed by atoms with Gasteiger partial charge in [0.05, 0.1) is 24.0 Å². The molecule has 7 aromatic rings. The molecule has 2 aliphatic carbocycles. The number of halogens is 1. The summed E-state index contributed by atoms with van der Waals surface area (Å²) in [5.41, 5.74) is 26.9. The number of nitrogens with one attached hydrogen (secondary N) is 1. The van der Waals surface area contributed by atoms with Crippen molar-refractivity contribution in [2.45, 2.75) is 94.5 Å². The minimum atomic E-state index is -1.18. The summed E-state index contributed by atoms with van der Waals surface area (Å²) >= 11 is 0. The number of fused-ring (bicyclic) bond motifs is 10. The molecule has 1 unspecified atom stereocenters. The summed E-state index contributed by atoms with van der Waals surface area (Å²) in [6.07, 6.45) is 1.80. The zero-order chi connectivity index (χ0) is 69.7. The van der Waals surface area contributed by atoms with Gasteiger partial charge in [0.1, 0.15) is 65.9 Å². The van der Waals surface area contributed by atoms with Crippen LogP contribution in [0.1, 0.15) is 135 Å². The van der Waals surface area contributed by atoms with E-state index in [4.69, 9.17) is 36.7 Å². The van der Waals surface area contributed by atoms with Crippen molar-refractivity contribution in [3.8, 4) is 56.4 Å². The molecule has 4 heterocycles. The van der Waals surface area contributed by atoms with Crippen molar-refractivity contribution in [3.63, 3.8) is 0 Å². The molecule has 0 aromatic heterocycles. The minimum Gasteiger partial charge on any atom is -1.00 e. The van der Waals surface area contributed by atoms with E-state index in [9.17, 15) is 19.5 Å². The molecule has 0 bridgehead atoms. The van der Waals surface area contributed by atoms with Crippen LogP contribution in [0.15, 0.2) is 191 Å². The topological polar surface area (TPSA) is 301 Å². The zero-order valence-electron chi connectivity index (χ0n) is 61.7. The van der Waals surface area contributed by atoms with E-state index in [1.54, 1.807) is 24.3 Å². The van der Waals surface area contributed by atoms with Crippen LogP contribution in [0.4, 0.5) is 5.69 Å². The Kier molecular flexibility index (Phi) is 34.4. The van der Waals surface area contributed by atoms with Crippen molar-refractivity contribution in [3.05, 3.63) is 261 Å². The fourth-order valence-corrected chi connectivity index (χ4v) is 13.2. The van der Waals surface area contributed by atoms with Crippen LogP contribution in [0.2, 0.25) is 0 Å². The van der Waals surface area contributed by atoms with Crippen LogP contribution < -0.4 is 64.3 Å². The van der Waals surface area contributed by atoms with E-state index >= 15 is 0 Å². The molecule has 18 nitrogen and oxygen atoms in total. The number of nitrogens with two attached hydrogens (primary N) is 3. The third-order valence-corrected chi connectivity index (χ3v) is 17.9. The van der Waals surface area contributed by atoms with Crippen LogP contribution >= 0.6 is 0 Å². The van der Waals surface area contributed by atoms with Crippen molar-refractivity contribution in [2.75, 3.05) is 57.3 Å². The number of rotatable bonds is 13. The molecule has 11 N–H and O–H groups in total. The van der Waals surface area contributed by atoms with E-state index in [0.29, 0.717) is 16.7 Å². The maximum absolute atomic E-state index is 13.2. The number of carbonyl (C=O) groups excluding carboxylic acids is 3. The third kappa shape index (κ3) is 17.8. The molecular weight excluding hydrogens is 1420 g/mol. The molecule has 13 rings (SSSR count). The Morgan fingerprint density at radius 3 is 1.44 bits per heavy atom. The van der Waals surface area contributed by atoms with E-state index in [2.05, 4.69) is 142 Å². The second-order valence-electron chi connectivity index (χ2n) is 23.5. The van der Waals surface area contributed by atoms with Crippen molar-refractivity contribution >= 4 is 45.4 Å². The quantitative estimate of drug-likeness (QED) is 0.0185. The second-order valence-corrected chi connectivity index (χ2v) is 23.5. The number of aromatic carboxylic acids is 1. The predicted octanol–water partition coefficient (Wildman–Crippen LogP) is 10.4. The van der Waals surface area contributed by atoms with Crippen LogP contribution in [0.5, 0.6) is 11.5 Å². The summed E-state index contributed by atoms with van der Waals surface area (Å²) in [4.78, 5) is 39.7. The Morgan fingerprint density at radius 2 is 0.990 bits per heavy atom. The number of amides is 2. The first-order chi connectivity index (χ1) is 47.0. The monoisotopic (exact) mass is 1510 g/mol. The van der Waals surface area contributed by atoms with Gasteiger partial charge >= 0.3 is 18.5 Å². The maximum Gasteiger partial charge on any atom is 2.00 e. The van der Waals surface area contributed by atoms with Crippen molar-refractivity contribution < 1.29 is 92.0 Å². The molecular formula is C82H98ClCu2N9O9. The molecule has 0 fully saturated rings. The molecule has 103 heavy (non-hydrogen) atoms. The van der Waals surface area contributed by atoms with Gasteiger partial charge in [0.25, 0.3) is 5.91 Å². The molecule has 1 spiro atoms. The average Bonchev–Trinajstić information content (AvgIpc) is 1.50.